The van der Waals surface area contributed by atoms with Crippen molar-refractivity contribution < 1.29 is 5.11 Å². The van der Waals surface area contributed by atoms with E-state index in [1.807, 2.05) is 11.0 Å². The minimum absolute atomic E-state index is 0.302. The Balaban J connectivity index is 2.32. The van der Waals surface area contributed by atoms with Crippen LogP contribution in [0.15, 0.2) is 23.7 Å². The summed E-state index contributed by atoms with van der Waals surface area (Å²) >= 11 is 0. The Morgan fingerprint density at radius 2 is 2.50 bits per heavy atom. The van der Waals surface area contributed by atoms with E-state index >= 15 is 0 Å². The lowest BCUT2D eigenvalue weighted by Crippen LogP contribution is -2.24. The van der Waals surface area contributed by atoms with Crippen LogP contribution in [-0.4, -0.2) is 23.2 Å². The number of hydrogen-bond acceptors (Lipinski definition) is 4. The van der Waals surface area contributed by atoms with Gasteiger partial charge in [0.25, 0.3) is 0 Å². The molecule has 2 rings (SSSR count). The van der Waals surface area contributed by atoms with E-state index in [2.05, 4.69) is 10.9 Å². The predicted molar refractivity (Wildman–Crippen MR) is 36.6 cm³/mol. The van der Waals surface area contributed by atoms with Crippen LogP contribution in [0.4, 0.5) is 0 Å². The average molecular weight is 139 g/mol. The second-order valence-electron chi connectivity index (χ2n) is 2.32. The van der Waals surface area contributed by atoms with Gasteiger partial charge in [0.1, 0.15) is 0 Å². The lowest BCUT2D eigenvalue weighted by Gasteiger charge is -2.18. The summed E-state index contributed by atoms with van der Waals surface area (Å²) in [4.78, 5) is 2.01. The van der Waals surface area contributed by atoms with Crippen molar-refractivity contribution in [3.05, 3.63) is 23.7 Å². The molecule has 0 aromatic rings. The Kier molecular flexibility index (Phi) is 1.07. The standard InChI is InChI=1S/C6H9N3O/c10-5-2-1-3-9-4-7-8-6(5)9/h1-2,7-8,10H,3-4H2. The molecule has 2 heterocycles. The maximum absolute atomic E-state index is 9.23. The molecule has 0 unspecified atom stereocenters. The summed E-state index contributed by atoms with van der Waals surface area (Å²) in [6, 6.07) is 0. The van der Waals surface area contributed by atoms with Crippen molar-refractivity contribution in [3.8, 4) is 0 Å². The van der Waals surface area contributed by atoms with Gasteiger partial charge in [-0.25, -0.2) is 5.43 Å². The lowest BCUT2D eigenvalue weighted by molar-refractivity contribution is 0.353. The van der Waals surface area contributed by atoms with Crippen LogP contribution in [0.5, 0.6) is 0 Å². The molecule has 4 heteroatoms. The monoisotopic (exact) mass is 139 g/mol. The zero-order valence-electron chi connectivity index (χ0n) is 5.46. The van der Waals surface area contributed by atoms with Gasteiger partial charge in [0.15, 0.2) is 11.6 Å². The van der Waals surface area contributed by atoms with Gasteiger partial charge in [-0.2, -0.15) is 0 Å². The molecule has 3 N–H and O–H groups in total. The maximum Gasteiger partial charge on any atom is 0.160 e. The van der Waals surface area contributed by atoms with Crippen LogP contribution in [0, 0.1) is 0 Å². The average Bonchev–Trinajstić information content (AvgIpc) is 2.36. The maximum atomic E-state index is 9.23. The highest BCUT2D eigenvalue weighted by Gasteiger charge is 2.20. The first-order valence-corrected chi connectivity index (χ1v) is 3.21. The van der Waals surface area contributed by atoms with Gasteiger partial charge in [-0.1, -0.05) is 6.08 Å². The van der Waals surface area contributed by atoms with Gasteiger partial charge in [0.05, 0.1) is 6.67 Å². The Bertz CT molecular complexity index is 209. The molecule has 0 aromatic carbocycles. The van der Waals surface area contributed by atoms with Crippen LogP contribution in [0.2, 0.25) is 0 Å². The van der Waals surface area contributed by atoms with E-state index in [0.717, 1.165) is 19.0 Å². The molecular formula is C6H9N3O. The number of nitrogens with one attached hydrogen (secondary N) is 2. The molecule has 0 bridgehead atoms. The van der Waals surface area contributed by atoms with Crippen molar-refractivity contribution in [2.45, 2.75) is 0 Å². The highest BCUT2D eigenvalue weighted by Crippen LogP contribution is 2.13. The summed E-state index contributed by atoms with van der Waals surface area (Å²) in [6.45, 7) is 1.61. The van der Waals surface area contributed by atoms with Gasteiger partial charge in [0.2, 0.25) is 0 Å². The molecule has 0 atom stereocenters. The van der Waals surface area contributed by atoms with Gasteiger partial charge >= 0.3 is 0 Å². The van der Waals surface area contributed by atoms with Crippen molar-refractivity contribution in [1.82, 2.24) is 15.8 Å². The minimum Gasteiger partial charge on any atom is -0.504 e. The summed E-state index contributed by atoms with van der Waals surface area (Å²) in [7, 11) is 0. The fourth-order valence-corrected chi connectivity index (χ4v) is 1.13. The number of nitrogens with zero attached hydrogens (tertiary/aromatic N) is 1. The molecular weight excluding hydrogens is 130 g/mol. The molecule has 2 aliphatic heterocycles. The summed E-state index contributed by atoms with van der Waals surface area (Å²) < 4.78 is 0. The van der Waals surface area contributed by atoms with E-state index < -0.39 is 0 Å². The fraction of sp³-hybridized carbons (Fsp3) is 0.333. The van der Waals surface area contributed by atoms with Crippen molar-refractivity contribution in [2.24, 2.45) is 0 Å². The highest BCUT2D eigenvalue weighted by molar-refractivity contribution is 5.23. The summed E-state index contributed by atoms with van der Waals surface area (Å²) in [5, 5.41) is 9.23. The minimum atomic E-state index is 0.302. The molecule has 10 heavy (non-hydrogen) atoms. The highest BCUT2D eigenvalue weighted by atomic mass is 16.3. The van der Waals surface area contributed by atoms with Gasteiger partial charge in [-0.3, -0.25) is 0 Å². The fourth-order valence-electron chi connectivity index (χ4n) is 1.13. The number of hydrazine groups is 1. The zero-order chi connectivity index (χ0) is 6.97. The Hall–Kier alpha value is -1.16. The number of allylic oxidation sites excluding steroid dienone is 1. The quantitative estimate of drug-likeness (QED) is 0.429. The summed E-state index contributed by atoms with van der Waals surface area (Å²) in [5.41, 5.74) is 5.78. The number of hydrogen-bond donors (Lipinski definition) is 3. The second kappa shape index (κ2) is 1.91. The normalized spacial score (nSPS) is 23.0. The summed E-state index contributed by atoms with van der Waals surface area (Å²) in [6.07, 6.45) is 3.62. The van der Waals surface area contributed by atoms with E-state index in [1.54, 1.807) is 6.08 Å². The van der Waals surface area contributed by atoms with E-state index in [4.69, 9.17) is 0 Å². The molecule has 0 saturated carbocycles. The van der Waals surface area contributed by atoms with Crippen molar-refractivity contribution >= 4 is 0 Å². The van der Waals surface area contributed by atoms with Gasteiger partial charge < -0.3 is 15.4 Å². The van der Waals surface area contributed by atoms with E-state index in [1.165, 1.54) is 0 Å². The Morgan fingerprint density at radius 1 is 1.60 bits per heavy atom. The van der Waals surface area contributed by atoms with E-state index in [9.17, 15) is 5.11 Å². The number of fused-ring (bicyclic) bond motifs is 1. The first-order chi connectivity index (χ1) is 4.88. The molecule has 0 aromatic heterocycles. The molecule has 1 saturated heterocycles. The smallest absolute Gasteiger partial charge is 0.160 e. The topological polar surface area (TPSA) is 47.5 Å². The Morgan fingerprint density at radius 3 is 3.30 bits per heavy atom. The third kappa shape index (κ3) is 0.657. The van der Waals surface area contributed by atoms with Crippen LogP contribution in [0.25, 0.3) is 0 Å². The SMILES string of the molecule is OC1=C2NNCN2CC=C1. The van der Waals surface area contributed by atoms with Crippen LogP contribution >= 0.6 is 0 Å². The van der Waals surface area contributed by atoms with E-state index in [-0.39, 0.29) is 0 Å². The van der Waals surface area contributed by atoms with Crippen LogP contribution < -0.4 is 10.9 Å². The molecule has 1 fully saturated rings. The largest absolute Gasteiger partial charge is 0.504 e. The molecule has 0 spiro atoms. The number of aliphatic hydroxyl groups is 1. The predicted octanol–water partition coefficient (Wildman–Crippen LogP) is -0.349. The molecule has 2 aliphatic rings. The molecule has 0 amide bonds. The van der Waals surface area contributed by atoms with Crippen molar-refractivity contribution in [3.63, 3.8) is 0 Å². The van der Waals surface area contributed by atoms with Crippen LogP contribution in [0.1, 0.15) is 0 Å². The van der Waals surface area contributed by atoms with Crippen LogP contribution in [0.3, 0.4) is 0 Å². The van der Waals surface area contributed by atoms with Crippen molar-refractivity contribution in [1.29, 1.82) is 0 Å². The second-order valence-corrected chi connectivity index (χ2v) is 2.32. The molecule has 0 aliphatic carbocycles. The van der Waals surface area contributed by atoms with Gasteiger partial charge in [-0.05, 0) is 6.08 Å². The zero-order valence-corrected chi connectivity index (χ0v) is 5.46. The first-order valence-electron chi connectivity index (χ1n) is 3.21. The molecule has 4 nitrogen and oxygen atoms in total. The van der Waals surface area contributed by atoms with Gasteiger partial charge in [-0.15, -0.1) is 0 Å². The molecule has 54 valence electrons. The molecule has 0 radical (unpaired) electrons. The Labute approximate surface area is 58.8 Å². The van der Waals surface area contributed by atoms with Crippen LogP contribution in [-0.2, 0) is 0 Å². The lowest BCUT2D eigenvalue weighted by atomic mass is 10.3. The number of rotatable bonds is 0. The third-order valence-electron chi connectivity index (χ3n) is 1.64. The van der Waals surface area contributed by atoms with Gasteiger partial charge in [0, 0.05) is 6.54 Å². The third-order valence-corrected chi connectivity index (χ3v) is 1.64. The first kappa shape index (κ1) is 5.61. The van der Waals surface area contributed by atoms with Crippen molar-refractivity contribution in [2.75, 3.05) is 13.2 Å². The number of aliphatic hydroxyl groups excluding tert-OH is 1. The van der Waals surface area contributed by atoms with E-state index in [0.29, 0.717) is 5.76 Å². The summed E-state index contributed by atoms with van der Waals surface area (Å²) in [5.74, 6) is 1.08.